The highest BCUT2D eigenvalue weighted by Gasteiger charge is 2.34. The summed E-state index contributed by atoms with van der Waals surface area (Å²) >= 11 is 1.69. The van der Waals surface area contributed by atoms with E-state index in [1.807, 2.05) is 21.8 Å². The predicted molar refractivity (Wildman–Crippen MR) is 88.4 cm³/mol. The highest BCUT2D eigenvalue weighted by atomic mass is 32.1. The lowest BCUT2D eigenvalue weighted by Crippen LogP contribution is -2.32. The van der Waals surface area contributed by atoms with Crippen molar-refractivity contribution in [1.82, 2.24) is 25.2 Å². The monoisotopic (exact) mass is 331 g/mol. The van der Waals surface area contributed by atoms with Crippen LogP contribution in [0.1, 0.15) is 47.1 Å². The fourth-order valence-corrected chi connectivity index (χ4v) is 3.80. The van der Waals surface area contributed by atoms with Gasteiger partial charge in [-0.25, -0.2) is 4.68 Å². The van der Waals surface area contributed by atoms with Crippen molar-refractivity contribution in [3.05, 3.63) is 34.3 Å². The Morgan fingerprint density at radius 2 is 2.17 bits per heavy atom. The summed E-state index contributed by atoms with van der Waals surface area (Å²) in [6.07, 6.45) is 6.11. The molecule has 2 fully saturated rings. The van der Waals surface area contributed by atoms with Crippen molar-refractivity contribution in [2.45, 2.75) is 44.3 Å². The van der Waals surface area contributed by atoms with Crippen LogP contribution in [0.4, 0.5) is 0 Å². The molecule has 4 rings (SSSR count). The molecule has 1 saturated carbocycles. The smallest absolute Gasteiger partial charge is 0.276 e. The molecule has 0 bridgehead atoms. The zero-order valence-electron chi connectivity index (χ0n) is 13.0. The largest absolute Gasteiger partial charge is 0.329 e. The summed E-state index contributed by atoms with van der Waals surface area (Å²) < 4.78 is 1.88. The number of carbonyl (C=O) groups is 1. The van der Waals surface area contributed by atoms with Gasteiger partial charge < -0.3 is 10.2 Å². The third-order valence-electron chi connectivity index (χ3n) is 4.57. The maximum absolute atomic E-state index is 12.9. The molecule has 1 aliphatic carbocycles. The zero-order valence-corrected chi connectivity index (χ0v) is 13.8. The molecule has 2 aliphatic rings. The summed E-state index contributed by atoms with van der Waals surface area (Å²) in [5.41, 5.74) is 0.479. The number of aromatic nitrogens is 3. The van der Waals surface area contributed by atoms with Crippen LogP contribution in [0.3, 0.4) is 0 Å². The summed E-state index contributed by atoms with van der Waals surface area (Å²) in [5.74, 6) is 0.0149. The van der Waals surface area contributed by atoms with Crippen molar-refractivity contribution >= 4 is 17.2 Å². The molecular formula is C16H21N5OS. The Balaban J connectivity index is 1.49. The van der Waals surface area contributed by atoms with Gasteiger partial charge in [-0.15, -0.1) is 16.4 Å². The van der Waals surface area contributed by atoms with E-state index in [1.54, 1.807) is 11.3 Å². The molecule has 122 valence electrons. The number of rotatable bonds is 5. The van der Waals surface area contributed by atoms with Gasteiger partial charge in [-0.05, 0) is 50.2 Å². The lowest BCUT2D eigenvalue weighted by molar-refractivity contribution is 0.0725. The summed E-state index contributed by atoms with van der Waals surface area (Å²) in [6, 6.07) is 4.84. The van der Waals surface area contributed by atoms with Crippen LogP contribution in [0.5, 0.6) is 0 Å². The van der Waals surface area contributed by atoms with Crippen LogP contribution < -0.4 is 5.32 Å². The van der Waals surface area contributed by atoms with Gasteiger partial charge in [0, 0.05) is 10.9 Å². The third-order valence-corrected chi connectivity index (χ3v) is 5.43. The Bertz CT molecular complexity index is 658. The molecule has 1 aliphatic heterocycles. The summed E-state index contributed by atoms with van der Waals surface area (Å²) in [6.45, 7) is 2.68. The number of hydrogen-bond donors (Lipinski definition) is 1. The van der Waals surface area contributed by atoms with E-state index in [2.05, 4.69) is 27.1 Å². The predicted octanol–water partition coefficient (Wildman–Crippen LogP) is 2.07. The number of amides is 1. The average molecular weight is 331 g/mol. The molecule has 3 heterocycles. The van der Waals surface area contributed by atoms with E-state index < -0.39 is 0 Å². The second-order valence-corrected chi connectivity index (χ2v) is 7.34. The number of piperidine rings is 1. The summed E-state index contributed by atoms with van der Waals surface area (Å²) in [4.78, 5) is 16.0. The summed E-state index contributed by atoms with van der Waals surface area (Å²) in [5, 5.41) is 13.8. The van der Waals surface area contributed by atoms with Gasteiger partial charge in [0.2, 0.25) is 0 Å². The molecule has 0 radical (unpaired) electrons. The van der Waals surface area contributed by atoms with Gasteiger partial charge in [0.1, 0.15) is 0 Å². The molecule has 1 N–H and O–H groups in total. The van der Waals surface area contributed by atoms with Crippen molar-refractivity contribution in [1.29, 1.82) is 0 Å². The Kier molecular flexibility index (Phi) is 4.13. The highest BCUT2D eigenvalue weighted by molar-refractivity contribution is 7.09. The molecule has 6 nitrogen and oxygen atoms in total. The first-order valence-electron chi connectivity index (χ1n) is 8.27. The lowest BCUT2D eigenvalue weighted by Gasteiger charge is -2.22. The SMILES string of the molecule is O=C(c1cn(C2CCNCC2)nn1)N(Cc1cccs1)C1CC1. The van der Waals surface area contributed by atoms with Gasteiger partial charge in [0.15, 0.2) is 5.69 Å². The first kappa shape index (κ1) is 14.8. The minimum atomic E-state index is 0.0149. The van der Waals surface area contributed by atoms with Crippen LogP contribution >= 0.6 is 11.3 Å². The normalized spacial score (nSPS) is 19.0. The van der Waals surface area contributed by atoms with Crippen molar-refractivity contribution in [2.24, 2.45) is 0 Å². The zero-order chi connectivity index (χ0) is 15.6. The van der Waals surface area contributed by atoms with Crippen molar-refractivity contribution in [3.8, 4) is 0 Å². The van der Waals surface area contributed by atoms with Gasteiger partial charge in [0.05, 0.1) is 18.8 Å². The number of carbonyl (C=O) groups excluding carboxylic acids is 1. The Hall–Kier alpha value is -1.73. The Labute approximate surface area is 139 Å². The lowest BCUT2D eigenvalue weighted by atomic mass is 10.1. The Morgan fingerprint density at radius 1 is 1.35 bits per heavy atom. The maximum Gasteiger partial charge on any atom is 0.276 e. The molecule has 0 aromatic carbocycles. The molecule has 1 saturated heterocycles. The van der Waals surface area contributed by atoms with E-state index in [0.29, 0.717) is 24.3 Å². The third kappa shape index (κ3) is 3.30. The van der Waals surface area contributed by atoms with Crippen molar-refractivity contribution in [2.75, 3.05) is 13.1 Å². The van der Waals surface area contributed by atoms with Crippen molar-refractivity contribution < 1.29 is 4.79 Å². The Morgan fingerprint density at radius 3 is 2.87 bits per heavy atom. The van der Waals surface area contributed by atoms with E-state index in [0.717, 1.165) is 38.8 Å². The second-order valence-electron chi connectivity index (χ2n) is 6.31. The van der Waals surface area contributed by atoms with Crippen LogP contribution in [-0.4, -0.2) is 44.9 Å². The minimum absolute atomic E-state index is 0.0149. The number of nitrogens with one attached hydrogen (secondary N) is 1. The second kappa shape index (κ2) is 6.41. The van der Waals surface area contributed by atoms with Crippen LogP contribution in [-0.2, 0) is 6.54 Å². The number of hydrogen-bond acceptors (Lipinski definition) is 5. The minimum Gasteiger partial charge on any atom is -0.329 e. The topological polar surface area (TPSA) is 63.1 Å². The fraction of sp³-hybridized carbons (Fsp3) is 0.562. The van der Waals surface area contributed by atoms with Crippen LogP contribution in [0.2, 0.25) is 0 Å². The van der Waals surface area contributed by atoms with Crippen molar-refractivity contribution in [3.63, 3.8) is 0 Å². The van der Waals surface area contributed by atoms with Crippen LogP contribution in [0, 0.1) is 0 Å². The average Bonchev–Trinajstić information content (AvgIpc) is 3.10. The standard InChI is InChI=1S/C16H21N5OS/c22-16(20(12-3-4-12)10-14-2-1-9-23-14)15-11-21(19-18-15)13-5-7-17-8-6-13/h1-2,9,11-13,17H,3-8,10H2. The van der Waals surface area contributed by atoms with Crippen LogP contribution in [0.15, 0.2) is 23.7 Å². The van der Waals surface area contributed by atoms with E-state index in [1.165, 1.54) is 4.88 Å². The first-order valence-corrected chi connectivity index (χ1v) is 9.15. The highest BCUT2D eigenvalue weighted by Crippen LogP contribution is 2.30. The van der Waals surface area contributed by atoms with Crippen LogP contribution in [0.25, 0.3) is 0 Å². The maximum atomic E-state index is 12.9. The van der Waals surface area contributed by atoms with E-state index >= 15 is 0 Å². The molecule has 7 heteroatoms. The first-order chi connectivity index (χ1) is 11.3. The molecular weight excluding hydrogens is 310 g/mol. The van der Waals surface area contributed by atoms with Gasteiger partial charge in [-0.3, -0.25) is 4.79 Å². The van der Waals surface area contributed by atoms with Gasteiger partial charge >= 0.3 is 0 Å². The number of nitrogens with zero attached hydrogens (tertiary/aromatic N) is 4. The van der Waals surface area contributed by atoms with E-state index in [9.17, 15) is 4.79 Å². The van der Waals surface area contributed by atoms with Gasteiger partial charge in [-0.1, -0.05) is 11.3 Å². The van der Waals surface area contributed by atoms with Gasteiger partial charge in [-0.2, -0.15) is 0 Å². The molecule has 0 spiro atoms. The molecule has 23 heavy (non-hydrogen) atoms. The van der Waals surface area contributed by atoms with E-state index in [-0.39, 0.29) is 5.91 Å². The van der Waals surface area contributed by atoms with E-state index in [4.69, 9.17) is 0 Å². The molecule has 0 atom stereocenters. The van der Waals surface area contributed by atoms with Gasteiger partial charge in [0.25, 0.3) is 5.91 Å². The fourth-order valence-electron chi connectivity index (χ4n) is 3.09. The molecule has 0 unspecified atom stereocenters. The molecule has 2 aromatic heterocycles. The number of thiophene rings is 1. The summed E-state index contributed by atoms with van der Waals surface area (Å²) in [7, 11) is 0. The quantitative estimate of drug-likeness (QED) is 0.911. The molecule has 1 amide bonds. The molecule has 2 aromatic rings.